The Balaban J connectivity index is 1.93. The molecule has 0 amide bonds. The van der Waals surface area contributed by atoms with E-state index in [-0.39, 0.29) is 0 Å². The van der Waals surface area contributed by atoms with Crippen LogP contribution in [-0.2, 0) is 10.8 Å². The Morgan fingerprint density at radius 3 is 3.13 bits per heavy atom. The Bertz CT molecular complexity index is 367. The summed E-state index contributed by atoms with van der Waals surface area (Å²) in [5.41, 5.74) is 1.39. The van der Waals surface area contributed by atoms with Crippen LogP contribution < -0.4 is 5.32 Å². The highest BCUT2D eigenvalue weighted by atomic mass is 32.2. The van der Waals surface area contributed by atoms with Gasteiger partial charge in [-0.15, -0.1) is 11.8 Å². The molecule has 1 aromatic rings. The Morgan fingerprint density at radius 1 is 1.53 bits per heavy atom. The van der Waals surface area contributed by atoms with Crippen LogP contribution in [0.4, 0.5) is 0 Å². The van der Waals surface area contributed by atoms with Crippen molar-refractivity contribution in [3.05, 3.63) is 29.8 Å². The van der Waals surface area contributed by atoms with Gasteiger partial charge in [-0.2, -0.15) is 0 Å². The predicted octanol–water partition coefficient (Wildman–Crippen LogP) is 1.80. The second-order valence-corrected chi connectivity index (χ2v) is 6.25. The molecule has 2 nitrogen and oxygen atoms in total. The minimum atomic E-state index is -0.693. The minimum absolute atomic E-state index is 0.440. The molecule has 15 heavy (non-hydrogen) atoms. The van der Waals surface area contributed by atoms with Crippen LogP contribution in [0.15, 0.2) is 29.2 Å². The highest BCUT2D eigenvalue weighted by Gasteiger charge is 2.21. The van der Waals surface area contributed by atoms with Crippen molar-refractivity contribution in [3.8, 4) is 0 Å². The lowest BCUT2D eigenvalue weighted by Crippen LogP contribution is -2.25. The van der Waals surface area contributed by atoms with Crippen LogP contribution in [0.5, 0.6) is 0 Å². The Hall–Kier alpha value is -0.320. The van der Waals surface area contributed by atoms with Gasteiger partial charge in [-0.1, -0.05) is 18.2 Å². The van der Waals surface area contributed by atoms with Crippen LogP contribution in [0.2, 0.25) is 0 Å². The number of nitrogens with one attached hydrogen (secondary N) is 1. The lowest BCUT2D eigenvalue weighted by atomic mass is 10.1. The first-order chi connectivity index (χ1) is 7.27. The van der Waals surface area contributed by atoms with Gasteiger partial charge in [-0.3, -0.25) is 4.21 Å². The van der Waals surface area contributed by atoms with Gasteiger partial charge in [0.25, 0.3) is 0 Å². The minimum Gasteiger partial charge on any atom is -0.308 e. The van der Waals surface area contributed by atoms with Crippen LogP contribution in [0, 0.1) is 0 Å². The van der Waals surface area contributed by atoms with Crippen LogP contribution >= 0.6 is 11.8 Å². The molecule has 0 aromatic heterocycles. The van der Waals surface area contributed by atoms with Gasteiger partial charge >= 0.3 is 0 Å². The van der Waals surface area contributed by atoms with Crippen molar-refractivity contribution in [2.45, 2.75) is 10.9 Å². The second-order valence-electron chi connectivity index (χ2n) is 3.63. The van der Waals surface area contributed by atoms with Gasteiger partial charge in [0.1, 0.15) is 0 Å². The molecule has 0 bridgehead atoms. The Morgan fingerprint density at radius 2 is 2.33 bits per heavy atom. The Labute approximate surface area is 97.3 Å². The van der Waals surface area contributed by atoms with Crippen molar-refractivity contribution in [2.75, 3.05) is 24.3 Å². The maximum absolute atomic E-state index is 10.9. The average Bonchev–Trinajstić information content (AvgIpc) is 2.62. The van der Waals surface area contributed by atoms with Crippen LogP contribution in [-0.4, -0.2) is 28.5 Å². The zero-order chi connectivity index (χ0) is 10.7. The van der Waals surface area contributed by atoms with Gasteiger partial charge < -0.3 is 5.32 Å². The van der Waals surface area contributed by atoms with E-state index in [1.807, 2.05) is 11.8 Å². The fourth-order valence-electron chi connectivity index (χ4n) is 1.71. The van der Waals surface area contributed by atoms with E-state index >= 15 is 0 Å². The van der Waals surface area contributed by atoms with Gasteiger partial charge in [0.15, 0.2) is 0 Å². The van der Waals surface area contributed by atoms with Crippen LogP contribution in [0.25, 0.3) is 0 Å². The topological polar surface area (TPSA) is 29.1 Å². The lowest BCUT2D eigenvalue weighted by Gasteiger charge is -2.12. The van der Waals surface area contributed by atoms with Crippen molar-refractivity contribution in [1.82, 2.24) is 5.32 Å². The number of thioether (sulfide) groups is 1. The largest absolute Gasteiger partial charge is 0.308 e. The lowest BCUT2D eigenvalue weighted by molar-refractivity contribution is 0.606. The molecule has 2 unspecified atom stereocenters. The summed E-state index contributed by atoms with van der Waals surface area (Å²) >= 11 is 1.90. The predicted molar refractivity (Wildman–Crippen MR) is 66.8 cm³/mol. The first-order valence-electron chi connectivity index (χ1n) is 5.02. The molecule has 1 aromatic carbocycles. The number of hydrogen-bond donors (Lipinski definition) is 1. The number of rotatable bonds is 4. The van der Waals surface area contributed by atoms with E-state index in [1.165, 1.54) is 10.5 Å². The van der Waals surface area contributed by atoms with E-state index in [0.717, 1.165) is 18.1 Å². The molecule has 0 saturated carbocycles. The molecule has 0 spiro atoms. The van der Waals surface area contributed by atoms with Gasteiger partial charge in [0, 0.05) is 46.0 Å². The van der Waals surface area contributed by atoms with E-state index in [4.69, 9.17) is 0 Å². The molecule has 82 valence electrons. The monoisotopic (exact) mass is 241 g/mol. The molecule has 1 N–H and O–H groups in total. The van der Waals surface area contributed by atoms with Crippen molar-refractivity contribution in [1.29, 1.82) is 0 Å². The third kappa shape index (κ3) is 2.83. The number of benzene rings is 1. The molecule has 0 radical (unpaired) electrons. The van der Waals surface area contributed by atoms with Crippen LogP contribution in [0.1, 0.15) is 11.6 Å². The summed E-state index contributed by atoms with van der Waals surface area (Å²) in [6.07, 6.45) is 1.75. The van der Waals surface area contributed by atoms with Crippen molar-refractivity contribution >= 4 is 22.6 Å². The quantitative estimate of drug-likeness (QED) is 0.871. The van der Waals surface area contributed by atoms with Crippen molar-refractivity contribution in [3.63, 3.8) is 0 Å². The van der Waals surface area contributed by atoms with Gasteiger partial charge in [-0.25, -0.2) is 0 Å². The molecule has 0 fully saturated rings. The highest BCUT2D eigenvalue weighted by Crippen LogP contribution is 2.37. The first-order valence-corrected chi connectivity index (χ1v) is 7.74. The number of fused-ring (bicyclic) bond motifs is 1. The third-order valence-corrected chi connectivity index (χ3v) is 4.44. The summed E-state index contributed by atoms with van der Waals surface area (Å²) < 4.78 is 10.9. The van der Waals surface area contributed by atoms with E-state index in [0.29, 0.717) is 6.04 Å². The third-order valence-electron chi connectivity index (χ3n) is 2.48. The van der Waals surface area contributed by atoms with E-state index in [2.05, 4.69) is 29.6 Å². The van der Waals surface area contributed by atoms with Crippen molar-refractivity contribution < 1.29 is 4.21 Å². The standard InChI is InChI=1S/C11H15NOS2/c1-15(13)7-6-12-10-8-14-11-5-3-2-4-9(10)11/h2-5,10,12H,6-8H2,1H3. The molecule has 2 rings (SSSR count). The second kappa shape index (κ2) is 5.14. The molecule has 1 aliphatic heterocycles. The average molecular weight is 241 g/mol. The summed E-state index contributed by atoms with van der Waals surface area (Å²) in [6, 6.07) is 8.94. The zero-order valence-electron chi connectivity index (χ0n) is 8.73. The highest BCUT2D eigenvalue weighted by molar-refractivity contribution is 7.99. The maximum atomic E-state index is 10.9. The maximum Gasteiger partial charge on any atom is 0.0426 e. The fourth-order valence-corrected chi connectivity index (χ4v) is 3.31. The summed E-state index contributed by atoms with van der Waals surface area (Å²) in [5.74, 6) is 1.83. The molecule has 0 saturated heterocycles. The molecule has 1 heterocycles. The van der Waals surface area contributed by atoms with Crippen LogP contribution in [0.3, 0.4) is 0 Å². The van der Waals surface area contributed by atoms with Gasteiger partial charge in [-0.05, 0) is 11.6 Å². The molecule has 1 aliphatic rings. The fraction of sp³-hybridized carbons (Fsp3) is 0.455. The van der Waals surface area contributed by atoms with E-state index in [1.54, 1.807) is 6.26 Å². The van der Waals surface area contributed by atoms with E-state index in [9.17, 15) is 4.21 Å². The molecular formula is C11H15NOS2. The molecule has 4 heteroatoms. The molecule has 0 aliphatic carbocycles. The Kier molecular flexibility index (Phi) is 3.83. The van der Waals surface area contributed by atoms with E-state index < -0.39 is 10.8 Å². The molecule has 2 atom stereocenters. The normalized spacial score (nSPS) is 21.3. The molecular weight excluding hydrogens is 226 g/mol. The summed E-state index contributed by atoms with van der Waals surface area (Å²) in [7, 11) is -0.693. The summed E-state index contributed by atoms with van der Waals surface area (Å²) in [6.45, 7) is 0.836. The summed E-state index contributed by atoms with van der Waals surface area (Å²) in [4.78, 5) is 1.38. The zero-order valence-corrected chi connectivity index (χ0v) is 10.4. The van der Waals surface area contributed by atoms with Crippen molar-refractivity contribution in [2.24, 2.45) is 0 Å². The van der Waals surface area contributed by atoms with Gasteiger partial charge in [0.05, 0.1) is 0 Å². The first kappa shape index (κ1) is 11.2. The number of hydrogen-bond acceptors (Lipinski definition) is 3. The SMILES string of the molecule is CS(=O)CCNC1CSc2ccccc21. The summed E-state index contributed by atoms with van der Waals surface area (Å²) in [5, 5.41) is 3.46. The smallest absolute Gasteiger partial charge is 0.0426 e. The van der Waals surface area contributed by atoms with Gasteiger partial charge in [0.2, 0.25) is 0 Å².